The first-order valence-corrected chi connectivity index (χ1v) is 4.99. The van der Waals surface area contributed by atoms with Crippen molar-refractivity contribution in [3.05, 3.63) is 0 Å². The zero-order valence-corrected chi connectivity index (χ0v) is 9.56. The molecule has 0 bridgehead atoms. The van der Waals surface area contributed by atoms with Crippen molar-refractivity contribution in [1.82, 2.24) is 5.32 Å². The number of carbonyl (C=O) groups excluding carboxylic acids is 4. The monoisotopic (exact) mass is 254 g/mol. The smallest absolute Gasteiger partial charge is 0.293 e. The molecule has 0 aliphatic heterocycles. The second-order valence-electron chi connectivity index (χ2n) is 3.31. The van der Waals surface area contributed by atoms with Gasteiger partial charge >= 0.3 is 0 Å². The fourth-order valence-electron chi connectivity index (χ4n) is 1.02. The molecule has 8 nitrogen and oxygen atoms in total. The highest BCUT2D eigenvalue weighted by Gasteiger charge is 2.19. The molecule has 0 saturated carbocycles. The number of hydrogen-bond donors (Lipinski definition) is 4. The molecule has 0 aromatic heterocycles. The second-order valence-corrected chi connectivity index (χ2v) is 3.31. The molecule has 18 heavy (non-hydrogen) atoms. The van der Waals surface area contributed by atoms with Crippen LogP contribution in [0.5, 0.6) is 0 Å². The van der Waals surface area contributed by atoms with Gasteiger partial charge in [0.05, 0.1) is 6.54 Å². The third-order valence-corrected chi connectivity index (χ3v) is 1.83. The number of amides is 3. The number of Topliss-reactive ketones (excluding diaryl/α,β-unsaturated/α-hetero) is 1. The van der Waals surface area contributed by atoms with E-state index in [1.54, 1.807) is 0 Å². The Labute approximate surface area is 103 Å². The number of nitrogens with one attached hydrogen (secondary N) is 1. The average molecular weight is 254 g/mol. The van der Waals surface area contributed by atoms with Gasteiger partial charge in [-0.1, -0.05) is 0 Å². The Balaban J connectivity index is 4.69. The summed E-state index contributed by atoms with van der Waals surface area (Å²) < 4.78 is 0. The molecule has 0 aromatic rings. The Bertz CT molecular complexity index is 421. The maximum Gasteiger partial charge on any atom is 0.293 e. The minimum Gasteiger partial charge on any atom is -0.370 e. The molecule has 7 N–H and O–H groups in total. The van der Waals surface area contributed by atoms with E-state index in [1.165, 1.54) is 0 Å². The number of carbonyl (C=O) groups is 4. The third-order valence-electron chi connectivity index (χ3n) is 1.83. The average Bonchev–Trinajstić information content (AvgIpc) is 2.30. The Kier molecular flexibility index (Phi) is 6.76. The number of ketones is 1. The molecule has 1 unspecified atom stereocenters. The summed E-state index contributed by atoms with van der Waals surface area (Å²) in [6, 6.07) is -1.04. The second kappa shape index (κ2) is 7.81. The van der Waals surface area contributed by atoms with E-state index in [4.69, 9.17) is 17.2 Å². The van der Waals surface area contributed by atoms with Crippen molar-refractivity contribution in [3.8, 4) is 11.8 Å². The Hall–Kier alpha value is -2.40. The van der Waals surface area contributed by atoms with Crippen molar-refractivity contribution >= 4 is 23.5 Å². The summed E-state index contributed by atoms with van der Waals surface area (Å²) in [5.41, 5.74) is 14.7. The van der Waals surface area contributed by atoms with E-state index in [1.807, 2.05) is 11.8 Å². The van der Waals surface area contributed by atoms with Crippen molar-refractivity contribution in [2.45, 2.75) is 18.9 Å². The Morgan fingerprint density at radius 1 is 1.11 bits per heavy atom. The van der Waals surface area contributed by atoms with Crippen LogP contribution in [0, 0.1) is 11.8 Å². The van der Waals surface area contributed by atoms with Gasteiger partial charge in [-0.25, -0.2) is 0 Å². The molecule has 0 heterocycles. The van der Waals surface area contributed by atoms with Gasteiger partial charge in [-0.05, 0) is 12.3 Å². The summed E-state index contributed by atoms with van der Waals surface area (Å²) in [5, 5.41) is 2.27. The molecule has 0 aromatic carbocycles. The summed E-state index contributed by atoms with van der Waals surface area (Å²) in [5.74, 6) is 0.889. The molecule has 0 spiro atoms. The van der Waals surface area contributed by atoms with E-state index in [-0.39, 0.29) is 19.4 Å². The van der Waals surface area contributed by atoms with Crippen LogP contribution < -0.4 is 22.5 Å². The largest absolute Gasteiger partial charge is 0.370 e. The Morgan fingerprint density at radius 2 is 1.72 bits per heavy atom. The standard InChI is InChI=1S/C10H14N4O4/c11-5-10(18)14-6(1-3-8(12)16)7(15)2-4-9(13)17/h6H,1,3,5,11H2,(H2,12,16)(H2,13,17)(H,14,18). The first-order valence-electron chi connectivity index (χ1n) is 4.99. The lowest BCUT2D eigenvalue weighted by Crippen LogP contribution is -2.43. The molecular weight excluding hydrogens is 240 g/mol. The minimum atomic E-state index is -1.04. The number of nitrogens with two attached hydrogens (primary N) is 3. The lowest BCUT2D eigenvalue weighted by atomic mass is 10.1. The van der Waals surface area contributed by atoms with Crippen LogP contribution in [0.25, 0.3) is 0 Å². The van der Waals surface area contributed by atoms with Gasteiger partial charge in [-0.15, -0.1) is 0 Å². The van der Waals surface area contributed by atoms with E-state index < -0.39 is 29.5 Å². The first kappa shape index (κ1) is 15.6. The van der Waals surface area contributed by atoms with E-state index in [2.05, 4.69) is 5.32 Å². The highest BCUT2D eigenvalue weighted by atomic mass is 16.2. The van der Waals surface area contributed by atoms with Crippen molar-refractivity contribution in [2.24, 2.45) is 17.2 Å². The summed E-state index contributed by atoms with van der Waals surface area (Å²) in [7, 11) is 0. The van der Waals surface area contributed by atoms with Gasteiger partial charge in [0.15, 0.2) is 0 Å². The summed E-state index contributed by atoms with van der Waals surface area (Å²) >= 11 is 0. The molecule has 0 aliphatic carbocycles. The summed E-state index contributed by atoms with van der Waals surface area (Å²) in [6.07, 6.45) is -0.132. The quantitative estimate of drug-likeness (QED) is 0.289. The van der Waals surface area contributed by atoms with Crippen molar-refractivity contribution in [2.75, 3.05) is 6.54 Å². The van der Waals surface area contributed by atoms with Crippen LogP contribution >= 0.6 is 0 Å². The van der Waals surface area contributed by atoms with Gasteiger partial charge in [0.2, 0.25) is 17.6 Å². The van der Waals surface area contributed by atoms with E-state index in [0.29, 0.717) is 0 Å². The van der Waals surface area contributed by atoms with Crippen molar-refractivity contribution in [3.63, 3.8) is 0 Å². The van der Waals surface area contributed by atoms with Crippen molar-refractivity contribution < 1.29 is 19.2 Å². The van der Waals surface area contributed by atoms with Gasteiger partial charge in [-0.2, -0.15) is 0 Å². The van der Waals surface area contributed by atoms with Crippen LogP contribution in [-0.4, -0.2) is 36.1 Å². The highest BCUT2D eigenvalue weighted by Crippen LogP contribution is 1.98. The van der Waals surface area contributed by atoms with Crippen LogP contribution in [0.1, 0.15) is 12.8 Å². The molecule has 1 atom stereocenters. The van der Waals surface area contributed by atoms with Crippen LogP contribution in [0.3, 0.4) is 0 Å². The third kappa shape index (κ3) is 6.97. The van der Waals surface area contributed by atoms with E-state index in [9.17, 15) is 19.2 Å². The predicted octanol–water partition coefficient (Wildman–Crippen LogP) is -3.25. The van der Waals surface area contributed by atoms with Crippen LogP contribution in [-0.2, 0) is 19.2 Å². The van der Waals surface area contributed by atoms with Crippen LogP contribution in [0.4, 0.5) is 0 Å². The summed E-state index contributed by atoms with van der Waals surface area (Å²) in [6.45, 7) is -0.316. The molecule has 0 saturated heterocycles. The summed E-state index contributed by atoms with van der Waals surface area (Å²) in [4.78, 5) is 43.6. The van der Waals surface area contributed by atoms with Gasteiger partial charge in [0.25, 0.3) is 5.91 Å². The zero-order chi connectivity index (χ0) is 14.1. The first-order chi connectivity index (χ1) is 8.36. The van der Waals surface area contributed by atoms with E-state index >= 15 is 0 Å². The maximum atomic E-state index is 11.5. The van der Waals surface area contributed by atoms with Crippen LogP contribution in [0.15, 0.2) is 0 Å². The van der Waals surface area contributed by atoms with Gasteiger partial charge in [-0.3, -0.25) is 19.2 Å². The predicted molar refractivity (Wildman–Crippen MR) is 61.4 cm³/mol. The number of rotatable bonds is 6. The SMILES string of the molecule is NCC(=O)NC(CCC(N)=O)C(=O)C#CC(N)=O. The minimum absolute atomic E-state index is 0.0205. The lowest BCUT2D eigenvalue weighted by molar-refractivity contribution is -0.125. The van der Waals surface area contributed by atoms with Gasteiger partial charge in [0, 0.05) is 12.3 Å². The fourth-order valence-corrected chi connectivity index (χ4v) is 1.02. The molecule has 98 valence electrons. The van der Waals surface area contributed by atoms with Crippen molar-refractivity contribution in [1.29, 1.82) is 0 Å². The number of primary amides is 2. The lowest BCUT2D eigenvalue weighted by Gasteiger charge is -2.13. The molecule has 8 heteroatoms. The van der Waals surface area contributed by atoms with Gasteiger partial charge < -0.3 is 22.5 Å². The van der Waals surface area contributed by atoms with Gasteiger partial charge in [0.1, 0.15) is 6.04 Å². The highest BCUT2D eigenvalue weighted by molar-refractivity contribution is 6.06. The molecular formula is C10H14N4O4. The Morgan fingerprint density at radius 3 is 2.17 bits per heavy atom. The molecule has 0 fully saturated rings. The van der Waals surface area contributed by atoms with E-state index in [0.717, 1.165) is 0 Å². The van der Waals surface area contributed by atoms with Crippen LogP contribution in [0.2, 0.25) is 0 Å². The molecule has 3 amide bonds. The zero-order valence-electron chi connectivity index (χ0n) is 9.56. The fraction of sp³-hybridized carbons (Fsp3) is 0.400. The maximum absolute atomic E-state index is 11.5. The normalized spacial score (nSPS) is 10.7. The molecule has 0 rings (SSSR count). The number of hydrogen-bond acceptors (Lipinski definition) is 5. The molecule has 0 aliphatic rings. The topological polar surface area (TPSA) is 158 Å². The molecule has 0 radical (unpaired) electrons.